The monoisotopic (exact) mass is 268 g/mol. The fourth-order valence-electron chi connectivity index (χ4n) is 2.37. The lowest BCUT2D eigenvalue weighted by Crippen LogP contribution is -2.59. The molecule has 2 fully saturated rings. The fourth-order valence-corrected chi connectivity index (χ4v) is 2.37. The number of amides is 2. The molecule has 108 valence electrons. The van der Waals surface area contributed by atoms with Gasteiger partial charge in [-0.2, -0.15) is 0 Å². The molecule has 0 aromatic carbocycles. The summed E-state index contributed by atoms with van der Waals surface area (Å²) < 4.78 is 5.48. The van der Waals surface area contributed by atoms with E-state index in [-0.39, 0.29) is 24.4 Å². The third-order valence-corrected chi connectivity index (χ3v) is 3.68. The number of hydrogen-bond donors (Lipinski definition) is 1. The Kier molecular flexibility index (Phi) is 5.19. The summed E-state index contributed by atoms with van der Waals surface area (Å²) in [5.74, 6) is 0.444. The van der Waals surface area contributed by atoms with Gasteiger partial charge in [-0.05, 0) is 31.6 Å². The quantitative estimate of drug-likeness (QED) is 0.666. The highest BCUT2D eigenvalue weighted by Crippen LogP contribution is 2.34. The Morgan fingerprint density at radius 2 is 2.00 bits per heavy atom. The van der Waals surface area contributed by atoms with Gasteiger partial charge in [0.25, 0.3) is 0 Å². The zero-order valence-electron chi connectivity index (χ0n) is 11.7. The summed E-state index contributed by atoms with van der Waals surface area (Å²) in [6.45, 7) is 4.42. The van der Waals surface area contributed by atoms with Crippen LogP contribution in [0.4, 0.5) is 0 Å². The van der Waals surface area contributed by atoms with Crippen LogP contribution < -0.4 is 5.32 Å². The minimum Gasteiger partial charge on any atom is -0.381 e. The van der Waals surface area contributed by atoms with E-state index in [2.05, 4.69) is 12.2 Å². The smallest absolute Gasteiger partial charge is 0.245 e. The lowest BCUT2D eigenvalue weighted by molar-refractivity contribution is -0.145. The van der Waals surface area contributed by atoms with Crippen LogP contribution in [0.3, 0.4) is 0 Å². The number of nitrogens with zero attached hydrogens (tertiary/aromatic N) is 1. The predicted molar refractivity (Wildman–Crippen MR) is 71.6 cm³/mol. The molecular weight excluding hydrogens is 244 g/mol. The van der Waals surface area contributed by atoms with Crippen molar-refractivity contribution in [2.45, 2.75) is 45.1 Å². The summed E-state index contributed by atoms with van der Waals surface area (Å²) in [6.07, 6.45) is 5.14. The number of carbonyl (C=O) groups is 2. The van der Waals surface area contributed by atoms with E-state index in [1.54, 1.807) is 4.90 Å². The average molecular weight is 268 g/mol. The summed E-state index contributed by atoms with van der Waals surface area (Å²) in [7, 11) is 0. The topological polar surface area (TPSA) is 58.6 Å². The van der Waals surface area contributed by atoms with Crippen LogP contribution in [0.1, 0.15) is 39.0 Å². The van der Waals surface area contributed by atoms with Crippen molar-refractivity contribution in [2.24, 2.45) is 5.92 Å². The number of rotatable bonds is 8. The standard InChI is InChI=1S/C14H24N2O3/c1-2-3-8-19-9-4-7-16-10-12(17)15-13(14(16)18)11-5-6-11/h11,13H,2-10H2,1H3,(H,15,17). The lowest BCUT2D eigenvalue weighted by Gasteiger charge is -2.32. The van der Waals surface area contributed by atoms with Crippen molar-refractivity contribution in [3.8, 4) is 0 Å². The van der Waals surface area contributed by atoms with E-state index in [1.165, 1.54) is 0 Å². The third kappa shape index (κ3) is 4.20. The number of piperazine rings is 1. The Morgan fingerprint density at radius 3 is 2.68 bits per heavy atom. The van der Waals surface area contributed by atoms with Crippen molar-refractivity contribution < 1.29 is 14.3 Å². The van der Waals surface area contributed by atoms with Crippen LogP contribution in [0.25, 0.3) is 0 Å². The number of ether oxygens (including phenoxy) is 1. The molecule has 0 spiro atoms. The maximum atomic E-state index is 12.2. The van der Waals surface area contributed by atoms with Crippen molar-refractivity contribution in [2.75, 3.05) is 26.3 Å². The van der Waals surface area contributed by atoms with Gasteiger partial charge in [0.2, 0.25) is 11.8 Å². The predicted octanol–water partition coefficient (Wildman–Crippen LogP) is 0.930. The molecule has 1 aliphatic carbocycles. The SMILES string of the molecule is CCCCOCCCN1CC(=O)NC(C2CC2)C1=O. The first kappa shape index (κ1) is 14.3. The molecule has 19 heavy (non-hydrogen) atoms. The number of carbonyl (C=O) groups excluding carboxylic acids is 2. The van der Waals surface area contributed by atoms with Crippen LogP contribution >= 0.6 is 0 Å². The van der Waals surface area contributed by atoms with Gasteiger partial charge in [0.05, 0.1) is 6.54 Å². The molecular formula is C14H24N2O3. The number of nitrogens with one attached hydrogen (secondary N) is 1. The van der Waals surface area contributed by atoms with Gasteiger partial charge in [-0.3, -0.25) is 9.59 Å². The molecule has 2 amide bonds. The molecule has 1 N–H and O–H groups in total. The molecule has 2 rings (SSSR count). The number of unbranched alkanes of at least 4 members (excludes halogenated alkanes) is 1. The molecule has 1 aliphatic heterocycles. The second-order valence-electron chi connectivity index (χ2n) is 5.46. The molecule has 1 heterocycles. The second-order valence-corrected chi connectivity index (χ2v) is 5.46. The maximum Gasteiger partial charge on any atom is 0.245 e. The summed E-state index contributed by atoms with van der Waals surface area (Å²) in [6, 6.07) is -0.262. The van der Waals surface area contributed by atoms with Crippen LogP contribution in [0, 0.1) is 5.92 Å². The maximum absolute atomic E-state index is 12.2. The Bertz CT molecular complexity index is 329. The largest absolute Gasteiger partial charge is 0.381 e. The minimum absolute atomic E-state index is 0.0246. The highest BCUT2D eigenvalue weighted by molar-refractivity contribution is 5.95. The summed E-state index contributed by atoms with van der Waals surface area (Å²) >= 11 is 0. The average Bonchev–Trinajstić information content (AvgIpc) is 3.21. The van der Waals surface area contributed by atoms with E-state index in [1.807, 2.05) is 0 Å². The molecule has 1 saturated carbocycles. The van der Waals surface area contributed by atoms with Crippen LogP contribution in [-0.2, 0) is 14.3 Å². The first-order valence-corrected chi connectivity index (χ1v) is 7.38. The minimum atomic E-state index is -0.262. The van der Waals surface area contributed by atoms with E-state index in [4.69, 9.17) is 4.74 Å². The summed E-state index contributed by atoms with van der Waals surface area (Å²) in [5, 5.41) is 2.81. The molecule has 1 saturated heterocycles. The third-order valence-electron chi connectivity index (χ3n) is 3.68. The highest BCUT2D eigenvalue weighted by Gasteiger charge is 2.42. The van der Waals surface area contributed by atoms with E-state index in [0.717, 1.165) is 38.7 Å². The van der Waals surface area contributed by atoms with Crippen molar-refractivity contribution in [1.29, 1.82) is 0 Å². The van der Waals surface area contributed by atoms with E-state index >= 15 is 0 Å². The molecule has 5 heteroatoms. The van der Waals surface area contributed by atoms with E-state index < -0.39 is 0 Å². The Balaban J connectivity index is 1.69. The van der Waals surface area contributed by atoms with Crippen molar-refractivity contribution in [1.82, 2.24) is 10.2 Å². The van der Waals surface area contributed by atoms with Crippen LogP contribution in [-0.4, -0.2) is 49.1 Å². The first-order valence-electron chi connectivity index (χ1n) is 7.38. The zero-order chi connectivity index (χ0) is 13.7. The molecule has 1 atom stereocenters. The van der Waals surface area contributed by atoms with E-state index in [9.17, 15) is 9.59 Å². The van der Waals surface area contributed by atoms with Gasteiger partial charge in [-0.1, -0.05) is 13.3 Å². The van der Waals surface area contributed by atoms with Gasteiger partial charge in [0.1, 0.15) is 6.04 Å². The molecule has 0 bridgehead atoms. The molecule has 0 radical (unpaired) electrons. The van der Waals surface area contributed by atoms with Crippen molar-refractivity contribution in [3.63, 3.8) is 0 Å². The number of hydrogen-bond acceptors (Lipinski definition) is 3. The van der Waals surface area contributed by atoms with Crippen LogP contribution in [0.2, 0.25) is 0 Å². The van der Waals surface area contributed by atoms with Crippen LogP contribution in [0.5, 0.6) is 0 Å². The van der Waals surface area contributed by atoms with Gasteiger partial charge in [-0.15, -0.1) is 0 Å². The molecule has 0 aromatic rings. The summed E-state index contributed by atoms with van der Waals surface area (Å²) in [5.41, 5.74) is 0. The van der Waals surface area contributed by atoms with Gasteiger partial charge in [0, 0.05) is 19.8 Å². The van der Waals surface area contributed by atoms with Gasteiger partial charge < -0.3 is 15.0 Å². The Morgan fingerprint density at radius 1 is 1.26 bits per heavy atom. The lowest BCUT2D eigenvalue weighted by atomic mass is 10.1. The first-order chi connectivity index (χ1) is 9.22. The van der Waals surface area contributed by atoms with Crippen LogP contribution in [0.15, 0.2) is 0 Å². The molecule has 2 aliphatic rings. The molecule has 5 nitrogen and oxygen atoms in total. The van der Waals surface area contributed by atoms with Gasteiger partial charge in [0.15, 0.2) is 0 Å². The summed E-state index contributed by atoms with van der Waals surface area (Å²) in [4.78, 5) is 25.5. The van der Waals surface area contributed by atoms with Gasteiger partial charge >= 0.3 is 0 Å². The van der Waals surface area contributed by atoms with Gasteiger partial charge in [-0.25, -0.2) is 0 Å². The fraction of sp³-hybridized carbons (Fsp3) is 0.857. The van der Waals surface area contributed by atoms with E-state index in [0.29, 0.717) is 19.1 Å². The van der Waals surface area contributed by atoms with Crippen molar-refractivity contribution >= 4 is 11.8 Å². The molecule has 1 unspecified atom stereocenters. The Labute approximate surface area is 114 Å². The second kappa shape index (κ2) is 6.89. The molecule has 0 aromatic heterocycles. The zero-order valence-corrected chi connectivity index (χ0v) is 11.7. The normalized spacial score (nSPS) is 23.6. The highest BCUT2D eigenvalue weighted by atomic mass is 16.5. The Hall–Kier alpha value is -1.10. The van der Waals surface area contributed by atoms with Crippen molar-refractivity contribution in [3.05, 3.63) is 0 Å².